The predicted octanol–water partition coefficient (Wildman–Crippen LogP) is 2.60. The predicted molar refractivity (Wildman–Crippen MR) is 116 cm³/mol. The Morgan fingerprint density at radius 1 is 1.26 bits per heavy atom. The van der Waals surface area contributed by atoms with Gasteiger partial charge in [-0.25, -0.2) is 24.7 Å². The molecule has 0 fully saturated rings. The molecule has 1 N–H and O–H groups in total. The molecule has 164 valence electrons. The molecule has 0 saturated carbocycles. The molecule has 10 heteroatoms. The smallest absolute Gasteiger partial charge is 0.354 e. The van der Waals surface area contributed by atoms with Gasteiger partial charge in [0, 0.05) is 50.4 Å². The fraction of sp³-hybridized carbons (Fsp3) is 0.381. The Balaban J connectivity index is 1.86. The zero-order valence-electron chi connectivity index (χ0n) is 17.9. The average Bonchev–Trinajstić information content (AvgIpc) is 3.17. The zero-order chi connectivity index (χ0) is 22.4. The van der Waals surface area contributed by atoms with E-state index in [9.17, 15) is 4.79 Å². The fourth-order valence-electron chi connectivity index (χ4n) is 3.25. The lowest BCUT2D eigenvalue weighted by Gasteiger charge is -2.20. The Hall–Kier alpha value is -2.88. The summed E-state index contributed by atoms with van der Waals surface area (Å²) in [4.78, 5) is 29.3. The van der Waals surface area contributed by atoms with E-state index >= 15 is 0 Å². The number of esters is 1. The topological polar surface area (TPSA) is 104 Å². The molecule has 3 aromatic heterocycles. The van der Waals surface area contributed by atoms with Crippen LogP contribution in [0.5, 0.6) is 0 Å². The van der Waals surface area contributed by atoms with Gasteiger partial charge in [-0.1, -0.05) is 0 Å². The summed E-state index contributed by atoms with van der Waals surface area (Å²) < 4.78 is 12.2. The first-order valence-electron chi connectivity index (χ1n) is 9.70. The summed E-state index contributed by atoms with van der Waals surface area (Å²) >= 11 is 5.98. The lowest BCUT2D eigenvalue weighted by Crippen LogP contribution is -2.37. The molecule has 0 saturated heterocycles. The van der Waals surface area contributed by atoms with Crippen molar-refractivity contribution in [1.29, 1.82) is 0 Å². The van der Waals surface area contributed by atoms with Crippen molar-refractivity contribution in [3.8, 4) is 11.3 Å². The summed E-state index contributed by atoms with van der Waals surface area (Å²) in [6.07, 6.45) is 5.24. The maximum atomic E-state index is 12.4. The molecule has 9 nitrogen and oxygen atoms in total. The number of nitrogens with one attached hydrogen (secondary N) is 1. The van der Waals surface area contributed by atoms with Crippen LogP contribution in [0.15, 0.2) is 30.7 Å². The van der Waals surface area contributed by atoms with Crippen LogP contribution in [0.1, 0.15) is 27.6 Å². The number of hydrogen-bond donors (Lipinski definition) is 1. The van der Waals surface area contributed by atoms with Crippen LogP contribution >= 0.6 is 11.6 Å². The first-order chi connectivity index (χ1) is 14.9. The molecule has 0 aliphatic rings. The number of ether oxygens (including phenoxy) is 2. The van der Waals surface area contributed by atoms with Crippen molar-refractivity contribution in [3.05, 3.63) is 58.8 Å². The highest BCUT2D eigenvalue weighted by Gasteiger charge is 2.20. The van der Waals surface area contributed by atoms with Gasteiger partial charge in [0.05, 0.1) is 25.1 Å². The maximum Gasteiger partial charge on any atom is 0.354 e. The fourth-order valence-corrected chi connectivity index (χ4v) is 3.38. The van der Waals surface area contributed by atoms with Gasteiger partial charge in [-0.2, -0.15) is 0 Å². The molecule has 0 aromatic carbocycles. The minimum atomic E-state index is -0.438. The van der Waals surface area contributed by atoms with Crippen molar-refractivity contribution in [1.82, 2.24) is 29.8 Å². The molecular formula is C21H25ClN6O3. The van der Waals surface area contributed by atoms with Gasteiger partial charge in [0.15, 0.2) is 0 Å². The van der Waals surface area contributed by atoms with Crippen LogP contribution in [-0.4, -0.2) is 57.3 Å². The van der Waals surface area contributed by atoms with Gasteiger partial charge in [0.25, 0.3) is 0 Å². The van der Waals surface area contributed by atoms with Crippen molar-refractivity contribution in [3.63, 3.8) is 0 Å². The third kappa shape index (κ3) is 5.84. The molecule has 3 aromatic rings. The minimum Gasteiger partial charge on any atom is -0.464 e. The van der Waals surface area contributed by atoms with Crippen molar-refractivity contribution in [2.24, 2.45) is 0 Å². The second-order valence-corrected chi connectivity index (χ2v) is 7.40. The van der Waals surface area contributed by atoms with Gasteiger partial charge < -0.3 is 19.4 Å². The maximum absolute atomic E-state index is 12.4. The third-order valence-electron chi connectivity index (χ3n) is 4.70. The molecule has 0 amide bonds. The number of carbonyl (C=O) groups excluding carboxylic acids is 1. The normalized spacial score (nSPS) is 12.0. The van der Waals surface area contributed by atoms with Gasteiger partial charge in [-0.3, -0.25) is 0 Å². The Labute approximate surface area is 185 Å². The highest BCUT2D eigenvalue weighted by molar-refractivity contribution is 6.28. The molecule has 31 heavy (non-hydrogen) atoms. The third-order valence-corrected chi connectivity index (χ3v) is 4.88. The number of rotatable bonds is 9. The molecule has 0 unspecified atom stereocenters. The number of hydrogen-bond acceptors (Lipinski definition) is 8. The summed E-state index contributed by atoms with van der Waals surface area (Å²) in [6.45, 7) is 5.19. The molecule has 0 bridgehead atoms. The van der Waals surface area contributed by atoms with Crippen LogP contribution in [0.3, 0.4) is 0 Å². The first-order valence-corrected chi connectivity index (χ1v) is 10.1. The van der Waals surface area contributed by atoms with E-state index in [0.717, 1.165) is 16.8 Å². The highest BCUT2D eigenvalue weighted by Crippen LogP contribution is 2.25. The van der Waals surface area contributed by atoms with Crippen molar-refractivity contribution in [2.45, 2.75) is 33.0 Å². The Bertz CT molecular complexity index is 1060. The van der Waals surface area contributed by atoms with Gasteiger partial charge >= 0.3 is 5.97 Å². The molecular weight excluding hydrogens is 420 g/mol. The molecule has 0 aliphatic heterocycles. The summed E-state index contributed by atoms with van der Waals surface area (Å²) in [5.74, 6) is 0.274. The summed E-state index contributed by atoms with van der Waals surface area (Å²) in [6, 6.07) is 3.52. The van der Waals surface area contributed by atoms with Crippen LogP contribution in [0, 0.1) is 13.8 Å². The van der Waals surface area contributed by atoms with Crippen LogP contribution in [0.25, 0.3) is 11.3 Å². The van der Waals surface area contributed by atoms with E-state index in [1.807, 2.05) is 30.7 Å². The molecule has 0 aliphatic carbocycles. The van der Waals surface area contributed by atoms with Crippen molar-refractivity contribution < 1.29 is 14.3 Å². The molecule has 0 spiro atoms. The van der Waals surface area contributed by atoms with Gasteiger partial charge in [-0.15, -0.1) is 0 Å². The van der Waals surface area contributed by atoms with Crippen LogP contribution in [0.2, 0.25) is 5.28 Å². The SMILES string of the molecule is COC[C@@H](Cn1cc(-c2nc(Cl)ncc2C)cc1C(=O)OC)NCc1ccnc(C)n1. The van der Waals surface area contributed by atoms with E-state index in [4.69, 9.17) is 21.1 Å². The summed E-state index contributed by atoms with van der Waals surface area (Å²) in [5.41, 5.74) is 3.55. The lowest BCUT2D eigenvalue weighted by molar-refractivity contribution is 0.0586. The largest absolute Gasteiger partial charge is 0.464 e. The van der Waals surface area contributed by atoms with Crippen molar-refractivity contribution >= 4 is 17.6 Å². The lowest BCUT2D eigenvalue weighted by atomic mass is 10.1. The summed E-state index contributed by atoms with van der Waals surface area (Å²) in [7, 11) is 2.99. The molecule has 3 heterocycles. The Kier molecular flexibility index (Phi) is 7.67. The van der Waals surface area contributed by atoms with Gasteiger partial charge in [0.1, 0.15) is 11.5 Å². The van der Waals surface area contributed by atoms with Crippen LogP contribution in [-0.2, 0) is 22.6 Å². The number of carbonyl (C=O) groups is 1. The minimum absolute atomic E-state index is 0.0842. The standard InChI is InChI=1S/C21H25ClN6O3/c1-13-8-25-21(22)27-19(13)15-7-18(20(29)31-4)28(10-15)11-17(12-30-3)24-9-16-5-6-23-14(2)26-16/h5-8,10,17,24H,9,11-12H2,1-4H3/t17-/m1/s1. The Morgan fingerprint density at radius 2 is 2.06 bits per heavy atom. The second-order valence-electron chi connectivity index (χ2n) is 7.06. The van der Waals surface area contributed by atoms with E-state index in [2.05, 4.69) is 25.3 Å². The molecule has 1 atom stereocenters. The quantitative estimate of drug-likeness (QED) is 0.396. The monoisotopic (exact) mass is 444 g/mol. The van der Waals surface area contributed by atoms with Gasteiger partial charge in [0.2, 0.25) is 5.28 Å². The zero-order valence-corrected chi connectivity index (χ0v) is 18.7. The number of aryl methyl sites for hydroxylation is 2. The van der Waals surface area contributed by atoms with E-state index in [-0.39, 0.29) is 11.3 Å². The van der Waals surface area contributed by atoms with E-state index < -0.39 is 5.97 Å². The highest BCUT2D eigenvalue weighted by atomic mass is 35.5. The van der Waals surface area contributed by atoms with Crippen LogP contribution in [0.4, 0.5) is 0 Å². The van der Waals surface area contributed by atoms with Crippen molar-refractivity contribution in [2.75, 3.05) is 20.8 Å². The van der Waals surface area contributed by atoms with E-state index in [1.165, 1.54) is 7.11 Å². The van der Waals surface area contributed by atoms with Gasteiger partial charge in [-0.05, 0) is 43.1 Å². The molecule has 0 radical (unpaired) electrons. The number of halogens is 1. The Morgan fingerprint density at radius 3 is 2.77 bits per heavy atom. The first kappa shape index (κ1) is 22.8. The average molecular weight is 445 g/mol. The number of nitrogens with zero attached hydrogens (tertiary/aromatic N) is 5. The van der Waals surface area contributed by atoms with E-state index in [1.54, 1.807) is 25.6 Å². The number of methoxy groups -OCH3 is 2. The van der Waals surface area contributed by atoms with Crippen LogP contribution < -0.4 is 5.32 Å². The second kappa shape index (κ2) is 10.4. The number of aromatic nitrogens is 5. The summed E-state index contributed by atoms with van der Waals surface area (Å²) in [5, 5.41) is 3.58. The van der Waals surface area contributed by atoms with E-state index in [0.29, 0.717) is 36.9 Å². The molecule has 3 rings (SSSR count).